The molecule has 11 heteroatoms. The normalized spacial score (nSPS) is 11.2. The lowest BCUT2D eigenvalue weighted by Gasteiger charge is -2.13. The van der Waals surface area contributed by atoms with E-state index in [0.717, 1.165) is 145 Å². The highest BCUT2D eigenvalue weighted by Gasteiger charge is 2.20. The molecular weight excluding hydrogens is 1460 g/mol. The van der Waals surface area contributed by atoms with Gasteiger partial charge in [-0.05, 0) is 109 Å². The molecule has 6 heterocycles. The quantitative estimate of drug-likeness (QED) is 0.104. The fourth-order valence-corrected chi connectivity index (χ4v) is 16.6. The number of rotatable bonds is 13. The van der Waals surface area contributed by atoms with Crippen LogP contribution in [0, 0.1) is 0 Å². The van der Waals surface area contributed by atoms with Crippen molar-refractivity contribution in [3.63, 3.8) is 0 Å². The van der Waals surface area contributed by atoms with Crippen molar-refractivity contribution in [3.8, 4) is 141 Å². The van der Waals surface area contributed by atoms with Crippen LogP contribution >= 0.6 is 11.3 Å². The van der Waals surface area contributed by atoms with E-state index < -0.39 is 0 Å². The van der Waals surface area contributed by atoms with Crippen molar-refractivity contribution < 1.29 is 0 Å². The number of thiophene rings is 1. The van der Waals surface area contributed by atoms with Gasteiger partial charge in [0.25, 0.3) is 0 Å². The fourth-order valence-electron chi connectivity index (χ4n) is 15.5. The van der Waals surface area contributed by atoms with E-state index in [1.165, 1.54) is 42.4 Å². The lowest BCUT2D eigenvalue weighted by molar-refractivity contribution is 1.07. The Balaban J connectivity index is 0.000000114. The zero-order chi connectivity index (χ0) is 78.5. The Morgan fingerprint density at radius 2 is 0.593 bits per heavy atom. The maximum Gasteiger partial charge on any atom is 0.164 e. The van der Waals surface area contributed by atoms with Crippen molar-refractivity contribution in [3.05, 3.63) is 425 Å². The Morgan fingerprint density at radius 3 is 1.14 bits per heavy atom. The Kier molecular flexibility index (Phi) is 19.4. The summed E-state index contributed by atoms with van der Waals surface area (Å²) in [5, 5.41) is 9.84. The second kappa shape index (κ2) is 32.1. The molecule has 118 heavy (non-hydrogen) atoms. The zero-order valence-electron chi connectivity index (χ0n) is 63.8. The topological polar surface area (TPSA) is 121 Å². The van der Waals surface area contributed by atoms with Gasteiger partial charge in [-0.25, -0.2) is 44.9 Å². The fraction of sp³-hybridized carbons (Fsp3) is 0. The van der Waals surface area contributed by atoms with Gasteiger partial charge >= 0.3 is 0 Å². The number of hydrogen-bond acceptors (Lipinski definition) is 10. The number of hydrogen-bond donors (Lipinski definition) is 0. The van der Waals surface area contributed by atoms with Gasteiger partial charge in [0.05, 0.1) is 28.1 Å². The minimum atomic E-state index is 0.642. The molecule has 0 spiro atoms. The van der Waals surface area contributed by atoms with Crippen LogP contribution in [0.1, 0.15) is 0 Å². The van der Waals surface area contributed by atoms with Crippen molar-refractivity contribution in [1.29, 1.82) is 0 Å². The third-order valence-electron chi connectivity index (χ3n) is 21.4. The van der Waals surface area contributed by atoms with E-state index in [1.54, 1.807) is 11.3 Å². The number of nitrogens with zero attached hydrogens (tertiary/aromatic N) is 10. The lowest BCUT2D eigenvalue weighted by atomic mass is 9.93. The summed E-state index contributed by atoms with van der Waals surface area (Å²) in [6.45, 7) is 0. The molecular formula is C107H70N10S. The van der Waals surface area contributed by atoms with Crippen molar-refractivity contribution >= 4 is 75.0 Å². The summed E-state index contributed by atoms with van der Waals surface area (Å²) in [7, 11) is 0. The number of pyridine rings is 1. The van der Waals surface area contributed by atoms with Crippen LogP contribution in [0.2, 0.25) is 0 Å². The predicted molar refractivity (Wildman–Crippen MR) is 487 cm³/mol. The predicted octanol–water partition coefficient (Wildman–Crippen LogP) is 27.4. The third-order valence-corrected chi connectivity index (χ3v) is 22.5. The number of para-hydroxylation sites is 2. The Bertz CT molecular complexity index is 7210. The largest absolute Gasteiger partial charge is 0.292 e. The first-order valence-electron chi connectivity index (χ1n) is 39.3. The van der Waals surface area contributed by atoms with Crippen LogP contribution in [0.15, 0.2) is 425 Å². The van der Waals surface area contributed by atoms with E-state index in [-0.39, 0.29) is 0 Å². The lowest BCUT2D eigenvalue weighted by Crippen LogP contribution is -2.00. The number of aromatic nitrogens is 10. The molecule has 0 aliphatic carbocycles. The van der Waals surface area contributed by atoms with Crippen LogP contribution in [-0.2, 0) is 0 Å². The van der Waals surface area contributed by atoms with E-state index in [1.807, 2.05) is 109 Å². The molecule has 0 amide bonds. The number of imidazole rings is 1. The van der Waals surface area contributed by atoms with Crippen LogP contribution in [0.5, 0.6) is 0 Å². The summed E-state index contributed by atoms with van der Waals surface area (Å²) in [6, 6.07) is 142. The van der Waals surface area contributed by atoms with Crippen molar-refractivity contribution in [2.75, 3.05) is 0 Å². The molecule has 22 rings (SSSR count). The molecule has 0 radical (unpaired) electrons. The van der Waals surface area contributed by atoms with Gasteiger partial charge in [0.15, 0.2) is 29.1 Å². The molecule has 0 fully saturated rings. The molecule has 22 aromatic rings. The summed E-state index contributed by atoms with van der Waals surface area (Å²) in [5.41, 5.74) is 21.9. The van der Waals surface area contributed by atoms with Crippen LogP contribution in [0.25, 0.3) is 205 Å². The first-order valence-corrected chi connectivity index (χ1v) is 40.1. The molecule has 10 nitrogen and oxygen atoms in total. The van der Waals surface area contributed by atoms with E-state index in [2.05, 4.69) is 325 Å². The van der Waals surface area contributed by atoms with Gasteiger partial charge in [0.1, 0.15) is 10.7 Å². The Morgan fingerprint density at radius 1 is 0.212 bits per heavy atom. The van der Waals surface area contributed by atoms with Crippen LogP contribution in [0.4, 0.5) is 0 Å². The van der Waals surface area contributed by atoms with E-state index in [9.17, 15) is 0 Å². The molecule has 554 valence electrons. The van der Waals surface area contributed by atoms with E-state index >= 15 is 0 Å². The van der Waals surface area contributed by atoms with Gasteiger partial charge in [-0.3, -0.25) is 4.57 Å². The number of benzene rings is 16. The van der Waals surface area contributed by atoms with Gasteiger partial charge in [0.2, 0.25) is 0 Å². The van der Waals surface area contributed by atoms with Crippen LogP contribution < -0.4 is 0 Å². The molecule has 0 N–H and O–H groups in total. The molecule has 0 saturated carbocycles. The maximum atomic E-state index is 5.13. The Hall–Kier alpha value is -15.7. The maximum absolute atomic E-state index is 5.13. The molecule has 6 aromatic heterocycles. The van der Waals surface area contributed by atoms with Gasteiger partial charge in [0, 0.05) is 89.2 Å². The second-order valence-electron chi connectivity index (χ2n) is 28.8. The summed E-state index contributed by atoms with van der Waals surface area (Å²) in [5.74, 6) is 4.35. The van der Waals surface area contributed by atoms with Crippen LogP contribution in [-0.4, -0.2) is 49.4 Å². The minimum Gasteiger partial charge on any atom is -0.292 e. The minimum absolute atomic E-state index is 0.642. The molecule has 0 saturated heterocycles. The summed E-state index contributed by atoms with van der Waals surface area (Å²) < 4.78 is 3.47. The first-order chi connectivity index (χ1) is 58.5. The van der Waals surface area contributed by atoms with Gasteiger partial charge < -0.3 is 0 Å². The van der Waals surface area contributed by atoms with Gasteiger partial charge in [-0.2, -0.15) is 0 Å². The average molecular weight is 1530 g/mol. The molecule has 0 aliphatic rings. The molecule has 0 unspecified atom stereocenters. The van der Waals surface area contributed by atoms with E-state index in [0.29, 0.717) is 17.5 Å². The average Bonchev–Trinajstić information content (AvgIpc) is 1.01. The standard InChI is InChI=1S/C37H23N5S.C36H25N3.C34H22N2/c1-3-9-26(10-4-1)34-39-35(27-11-5-2-6-12-27)41-36(40-34)29-21-17-25(18-22-29)24-15-19-28(20-16-24)33-38-23-31-30-13-7-8-14-32(30)43-37(31)42-33;1-4-12-27(13-5-1)33-24-30(25-34(37-33)28-14-6-2-7-15-28)26-20-22-31(23-21-26)39-35-19-11-10-18-32(35)38-36(39)29-16-8-3-9-17-29;1-3-11-23(12-4-1)32-22-35-34(36-33(32)24-13-5-2-6-14-24)25-19-20-30-28-17-8-7-15-26(28)27-16-9-10-18-29(27)31(30)21-25/h1-23H;1-25H;1-22H. The highest BCUT2D eigenvalue weighted by atomic mass is 32.1. The summed E-state index contributed by atoms with van der Waals surface area (Å²) >= 11 is 1.70. The highest BCUT2D eigenvalue weighted by Crippen LogP contribution is 2.41. The first kappa shape index (κ1) is 71.4. The monoisotopic (exact) mass is 1530 g/mol. The molecule has 0 atom stereocenters. The number of fused-ring (bicyclic) bond motifs is 10. The smallest absolute Gasteiger partial charge is 0.164 e. The van der Waals surface area contributed by atoms with Crippen molar-refractivity contribution in [2.24, 2.45) is 0 Å². The Labute approximate surface area is 685 Å². The van der Waals surface area contributed by atoms with Crippen molar-refractivity contribution in [2.45, 2.75) is 0 Å². The highest BCUT2D eigenvalue weighted by molar-refractivity contribution is 7.25. The van der Waals surface area contributed by atoms with E-state index in [4.69, 9.17) is 39.9 Å². The zero-order valence-corrected chi connectivity index (χ0v) is 64.6. The summed E-state index contributed by atoms with van der Waals surface area (Å²) in [6.07, 6.45) is 3.90. The molecule has 0 aliphatic heterocycles. The summed E-state index contributed by atoms with van der Waals surface area (Å²) in [4.78, 5) is 45.0. The van der Waals surface area contributed by atoms with Crippen molar-refractivity contribution in [1.82, 2.24) is 49.4 Å². The molecule has 16 aromatic carbocycles. The van der Waals surface area contributed by atoms with Crippen LogP contribution in [0.3, 0.4) is 0 Å². The van der Waals surface area contributed by atoms with Gasteiger partial charge in [-0.15, -0.1) is 11.3 Å². The third kappa shape index (κ3) is 14.5. The second-order valence-corrected chi connectivity index (χ2v) is 29.8. The van der Waals surface area contributed by atoms with Gasteiger partial charge in [-0.1, -0.05) is 364 Å². The SMILES string of the molecule is c1ccc(-c2cc(-c3ccc(-n4c(-c5ccccc5)nc5ccccc54)cc3)cc(-c3ccccc3)n2)cc1.c1ccc(-c2cnc(-c3ccc4c5ccccc5c5ccccc5c4c3)nc2-c2ccccc2)cc1.c1ccc(-c2nc(-c3ccccc3)nc(-c3ccc(-c4ccc(-c5ncc6c(n5)sc5ccccc56)cc4)cc3)n2)cc1. The molecule has 0 bridgehead atoms.